The molecule has 0 aromatic heterocycles. The first-order chi connectivity index (χ1) is 8.24. The molecule has 2 rings (SSSR count). The van der Waals surface area contributed by atoms with Crippen molar-refractivity contribution in [1.82, 2.24) is 10.6 Å². The molecule has 90 valence electrons. The normalized spacial score (nSPS) is 18.2. The molecule has 4 nitrogen and oxygen atoms in total. The lowest BCUT2D eigenvalue weighted by Crippen LogP contribution is -2.42. The molecular weight excluding hydrogens is 236 g/mol. The van der Waals surface area contributed by atoms with E-state index in [0.29, 0.717) is 24.4 Å². The summed E-state index contributed by atoms with van der Waals surface area (Å²) in [7, 11) is 0. The minimum atomic E-state index is -0.302. The Bertz CT molecular complexity index is 448. The molecule has 0 radical (unpaired) electrons. The van der Waals surface area contributed by atoms with Gasteiger partial charge in [-0.1, -0.05) is 18.2 Å². The summed E-state index contributed by atoms with van der Waals surface area (Å²) in [5.41, 5.74) is 1.39. The van der Waals surface area contributed by atoms with E-state index in [1.807, 2.05) is 12.1 Å². The lowest BCUT2D eigenvalue weighted by molar-refractivity contribution is -0.122. The van der Waals surface area contributed by atoms with E-state index in [0.717, 1.165) is 5.56 Å². The highest BCUT2D eigenvalue weighted by molar-refractivity contribution is 7.80. The highest BCUT2D eigenvalue weighted by Gasteiger charge is 2.29. The maximum Gasteiger partial charge on any atom is 0.251 e. The molecule has 1 atom stereocenters. The Balaban J connectivity index is 2.24. The monoisotopic (exact) mass is 250 g/mol. The molecule has 2 N–H and O–H groups in total. The molecule has 1 aliphatic heterocycles. The first-order valence-corrected chi connectivity index (χ1v) is 6.13. The van der Waals surface area contributed by atoms with Gasteiger partial charge in [-0.2, -0.15) is 12.6 Å². The first kappa shape index (κ1) is 12.0. The average Bonchev–Trinajstić information content (AvgIpc) is 2.37. The summed E-state index contributed by atoms with van der Waals surface area (Å²) in [6.45, 7) is 0.892. The van der Waals surface area contributed by atoms with Gasteiger partial charge in [0.05, 0.1) is 5.92 Å². The van der Waals surface area contributed by atoms with E-state index in [-0.39, 0.29) is 17.7 Å². The third-order valence-corrected chi connectivity index (χ3v) is 3.00. The molecule has 1 aliphatic rings. The molecule has 5 heteroatoms. The molecule has 17 heavy (non-hydrogen) atoms. The Labute approximate surface area is 105 Å². The van der Waals surface area contributed by atoms with Crippen LogP contribution < -0.4 is 10.6 Å². The molecule has 0 bridgehead atoms. The lowest BCUT2D eigenvalue weighted by atomic mass is 9.90. The molecule has 2 amide bonds. The molecule has 0 aliphatic carbocycles. The zero-order chi connectivity index (χ0) is 12.3. The van der Waals surface area contributed by atoms with Crippen LogP contribution in [0.25, 0.3) is 0 Å². The Morgan fingerprint density at radius 2 is 2.24 bits per heavy atom. The van der Waals surface area contributed by atoms with Crippen molar-refractivity contribution in [1.29, 1.82) is 0 Å². The largest absolute Gasteiger partial charge is 0.355 e. The number of rotatable bonds is 3. The Kier molecular flexibility index (Phi) is 3.68. The second kappa shape index (κ2) is 5.23. The number of thiol groups is 1. The van der Waals surface area contributed by atoms with Crippen LogP contribution in [-0.2, 0) is 4.79 Å². The standard InChI is InChI=1S/C12H14N2O2S/c15-11-9-4-2-1-3-8(9)10(7-14-11)12(16)13-5-6-17/h1-4,10,17H,5-7H2,(H,13,16)(H,14,15). The van der Waals surface area contributed by atoms with Crippen LogP contribution in [0.2, 0.25) is 0 Å². The number of hydrogen-bond acceptors (Lipinski definition) is 3. The summed E-state index contributed by atoms with van der Waals surface area (Å²) in [4.78, 5) is 23.5. The number of carbonyl (C=O) groups is 2. The van der Waals surface area contributed by atoms with Gasteiger partial charge in [0.25, 0.3) is 5.91 Å². The second-order valence-electron chi connectivity index (χ2n) is 3.86. The van der Waals surface area contributed by atoms with Crippen molar-refractivity contribution in [2.45, 2.75) is 5.92 Å². The third-order valence-electron chi connectivity index (χ3n) is 2.78. The van der Waals surface area contributed by atoms with Crippen LogP contribution in [0.1, 0.15) is 21.8 Å². The zero-order valence-corrected chi connectivity index (χ0v) is 10.2. The van der Waals surface area contributed by atoms with Crippen LogP contribution in [-0.4, -0.2) is 30.7 Å². The third kappa shape index (κ3) is 2.44. The average molecular weight is 250 g/mol. The number of hydrogen-bond donors (Lipinski definition) is 3. The van der Waals surface area contributed by atoms with Gasteiger partial charge >= 0.3 is 0 Å². The Morgan fingerprint density at radius 1 is 1.47 bits per heavy atom. The lowest BCUT2D eigenvalue weighted by Gasteiger charge is -2.24. The fourth-order valence-corrected chi connectivity index (χ4v) is 2.06. The van der Waals surface area contributed by atoms with Crippen LogP contribution in [0.3, 0.4) is 0 Å². The van der Waals surface area contributed by atoms with Gasteiger partial charge in [0.1, 0.15) is 0 Å². The Morgan fingerprint density at radius 3 is 3.00 bits per heavy atom. The summed E-state index contributed by atoms with van der Waals surface area (Å²) in [6, 6.07) is 7.21. The quantitative estimate of drug-likeness (QED) is 0.687. The van der Waals surface area contributed by atoms with Crippen molar-refractivity contribution in [2.24, 2.45) is 0 Å². The zero-order valence-electron chi connectivity index (χ0n) is 9.27. The number of amides is 2. The molecule has 1 aromatic carbocycles. The Hall–Kier alpha value is -1.49. The van der Waals surface area contributed by atoms with E-state index in [1.165, 1.54) is 0 Å². The molecular formula is C12H14N2O2S. The van der Waals surface area contributed by atoms with Gasteiger partial charge in [0.15, 0.2) is 0 Å². The first-order valence-electron chi connectivity index (χ1n) is 5.49. The number of benzene rings is 1. The molecule has 1 unspecified atom stereocenters. The summed E-state index contributed by atoms with van der Waals surface area (Å²) < 4.78 is 0. The predicted molar refractivity (Wildman–Crippen MR) is 68.4 cm³/mol. The fourth-order valence-electron chi connectivity index (χ4n) is 1.94. The minimum Gasteiger partial charge on any atom is -0.355 e. The number of fused-ring (bicyclic) bond motifs is 1. The van der Waals surface area contributed by atoms with Crippen molar-refractivity contribution < 1.29 is 9.59 Å². The summed E-state index contributed by atoms with van der Waals surface area (Å²) in [5, 5.41) is 5.52. The van der Waals surface area contributed by atoms with Gasteiger partial charge in [-0.25, -0.2) is 0 Å². The van der Waals surface area contributed by atoms with E-state index < -0.39 is 0 Å². The topological polar surface area (TPSA) is 58.2 Å². The van der Waals surface area contributed by atoms with Crippen molar-refractivity contribution in [2.75, 3.05) is 18.8 Å². The van der Waals surface area contributed by atoms with Gasteiger partial charge in [0.2, 0.25) is 5.91 Å². The van der Waals surface area contributed by atoms with E-state index in [1.54, 1.807) is 12.1 Å². The van der Waals surface area contributed by atoms with Crippen LogP contribution in [0.4, 0.5) is 0 Å². The van der Waals surface area contributed by atoms with E-state index >= 15 is 0 Å². The van der Waals surface area contributed by atoms with E-state index in [4.69, 9.17) is 0 Å². The van der Waals surface area contributed by atoms with Crippen LogP contribution in [0.15, 0.2) is 24.3 Å². The number of carbonyl (C=O) groups excluding carboxylic acids is 2. The molecule has 1 heterocycles. The van der Waals surface area contributed by atoms with Crippen molar-refractivity contribution >= 4 is 24.4 Å². The van der Waals surface area contributed by atoms with Crippen LogP contribution >= 0.6 is 12.6 Å². The van der Waals surface area contributed by atoms with Gasteiger partial charge in [-0.15, -0.1) is 0 Å². The summed E-state index contributed by atoms with van der Waals surface area (Å²) in [6.07, 6.45) is 0. The molecule has 1 aromatic rings. The minimum absolute atomic E-state index is 0.0634. The van der Waals surface area contributed by atoms with Gasteiger partial charge in [-0.05, 0) is 11.6 Å². The molecule has 0 saturated heterocycles. The number of nitrogens with one attached hydrogen (secondary N) is 2. The molecule has 0 saturated carbocycles. The summed E-state index contributed by atoms with van der Waals surface area (Å²) in [5.74, 6) is 0.126. The van der Waals surface area contributed by atoms with Crippen molar-refractivity contribution in [3.05, 3.63) is 35.4 Å². The van der Waals surface area contributed by atoms with Gasteiger partial charge in [0, 0.05) is 24.4 Å². The smallest absolute Gasteiger partial charge is 0.251 e. The molecule has 0 fully saturated rings. The predicted octanol–water partition coefficient (Wildman–Crippen LogP) is 0.560. The SMILES string of the molecule is O=C1NCC(C(=O)NCCS)c2ccccc21. The highest BCUT2D eigenvalue weighted by atomic mass is 32.1. The molecule has 0 spiro atoms. The highest BCUT2D eigenvalue weighted by Crippen LogP contribution is 2.23. The van der Waals surface area contributed by atoms with E-state index in [9.17, 15) is 9.59 Å². The van der Waals surface area contributed by atoms with Gasteiger partial charge < -0.3 is 10.6 Å². The van der Waals surface area contributed by atoms with Gasteiger partial charge in [-0.3, -0.25) is 9.59 Å². The second-order valence-corrected chi connectivity index (χ2v) is 4.31. The fraction of sp³-hybridized carbons (Fsp3) is 0.333. The van der Waals surface area contributed by atoms with E-state index in [2.05, 4.69) is 23.3 Å². The maximum absolute atomic E-state index is 11.9. The van der Waals surface area contributed by atoms with Crippen molar-refractivity contribution in [3.8, 4) is 0 Å². The van der Waals surface area contributed by atoms with Crippen LogP contribution in [0.5, 0.6) is 0 Å². The van der Waals surface area contributed by atoms with Crippen molar-refractivity contribution in [3.63, 3.8) is 0 Å². The summed E-state index contributed by atoms with van der Waals surface area (Å²) >= 11 is 4.04. The van der Waals surface area contributed by atoms with Crippen LogP contribution in [0, 0.1) is 0 Å². The maximum atomic E-state index is 11.9.